The number of aromatic nitrogens is 2. The van der Waals surface area contributed by atoms with E-state index in [1.807, 2.05) is 19.1 Å². The zero-order valence-corrected chi connectivity index (χ0v) is 11.6. The summed E-state index contributed by atoms with van der Waals surface area (Å²) in [5, 5.41) is 9.44. The Labute approximate surface area is 113 Å². The van der Waals surface area contributed by atoms with E-state index in [9.17, 15) is 5.11 Å². The molecule has 2 rings (SSSR count). The molecule has 0 radical (unpaired) electrons. The lowest BCUT2D eigenvalue weighted by molar-refractivity contribution is 0.264. The van der Waals surface area contributed by atoms with Gasteiger partial charge in [0.2, 0.25) is 0 Å². The Morgan fingerprint density at radius 3 is 2.74 bits per heavy atom. The molecule has 0 atom stereocenters. The lowest BCUT2D eigenvalue weighted by Gasteiger charge is -2.10. The minimum Gasteiger partial charge on any atom is -0.388 e. The number of hydrogen-bond donors (Lipinski definition) is 1. The maximum atomic E-state index is 9.44. The van der Waals surface area contributed by atoms with Gasteiger partial charge in [-0.05, 0) is 37.0 Å². The largest absolute Gasteiger partial charge is 0.388 e. The number of fused-ring (bicyclic) bond motifs is 1. The molecule has 19 heavy (non-hydrogen) atoms. The summed E-state index contributed by atoms with van der Waals surface area (Å²) < 4.78 is 2.07. The van der Waals surface area contributed by atoms with Crippen molar-refractivity contribution >= 4 is 16.7 Å². The maximum Gasteiger partial charge on any atom is 0.192 e. The van der Waals surface area contributed by atoms with Crippen LogP contribution in [0.15, 0.2) is 12.1 Å². The summed E-state index contributed by atoms with van der Waals surface area (Å²) in [6.07, 6.45) is 1.04. The molecule has 0 spiro atoms. The summed E-state index contributed by atoms with van der Waals surface area (Å²) in [7, 11) is 0. The van der Waals surface area contributed by atoms with E-state index < -0.39 is 0 Å². The van der Waals surface area contributed by atoms with Gasteiger partial charge in [0.15, 0.2) is 5.69 Å². The van der Waals surface area contributed by atoms with Crippen molar-refractivity contribution in [3.63, 3.8) is 0 Å². The van der Waals surface area contributed by atoms with E-state index in [1.54, 1.807) is 0 Å². The van der Waals surface area contributed by atoms with E-state index in [0.29, 0.717) is 17.4 Å². The van der Waals surface area contributed by atoms with Crippen LogP contribution in [0.25, 0.3) is 15.9 Å². The Kier molecular flexibility index (Phi) is 3.87. The van der Waals surface area contributed by atoms with Crippen molar-refractivity contribution < 1.29 is 5.11 Å². The number of aliphatic hydroxyl groups is 1. The summed E-state index contributed by atoms with van der Waals surface area (Å²) >= 11 is 0. The van der Waals surface area contributed by atoms with E-state index in [4.69, 9.17) is 6.57 Å². The van der Waals surface area contributed by atoms with Crippen LogP contribution < -0.4 is 0 Å². The van der Waals surface area contributed by atoms with Gasteiger partial charge in [0.25, 0.3) is 0 Å². The number of aliphatic hydroxyl groups excluding tert-OH is 1. The smallest absolute Gasteiger partial charge is 0.192 e. The van der Waals surface area contributed by atoms with Crippen molar-refractivity contribution in [2.24, 2.45) is 5.92 Å². The zero-order valence-electron chi connectivity index (χ0n) is 11.6. The van der Waals surface area contributed by atoms with Crippen LogP contribution in [0.2, 0.25) is 0 Å². The van der Waals surface area contributed by atoms with Gasteiger partial charge in [-0.2, -0.15) is 0 Å². The van der Waals surface area contributed by atoms with Crippen molar-refractivity contribution in [3.05, 3.63) is 34.9 Å². The number of aryl methyl sites for hydroxylation is 2. The minimum atomic E-state index is -0.0703. The molecule has 4 heteroatoms. The molecule has 0 saturated carbocycles. The topological polar surface area (TPSA) is 42.4 Å². The van der Waals surface area contributed by atoms with Gasteiger partial charge < -0.3 is 9.67 Å². The molecule has 0 bridgehead atoms. The molecule has 1 aromatic heterocycles. The molecule has 1 aromatic carbocycles. The molecule has 0 amide bonds. The van der Waals surface area contributed by atoms with Crippen molar-refractivity contribution in [2.45, 2.75) is 40.3 Å². The molecule has 0 aliphatic carbocycles. The monoisotopic (exact) mass is 257 g/mol. The van der Waals surface area contributed by atoms with Gasteiger partial charge in [-0.1, -0.05) is 13.8 Å². The number of rotatable bonds is 4. The first-order chi connectivity index (χ1) is 9.06. The fourth-order valence-corrected chi connectivity index (χ4v) is 2.19. The van der Waals surface area contributed by atoms with Crippen LogP contribution in [-0.2, 0) is 13.2 Å². The van der Waals surface area contributed by atoms with Gasteiger partial charge >= 0.3 is 0 Å². The molecule has 1 N–H and O–H groups in total. The van der Waals surface area contributed by atoms with Crippen LogP contribution in [0.3, 0.4) is 0 Å². The number of benzene rings is 1. The molecule has 0 fully saturated rings. The Balaban J connectivity index is 2.54. The van der Waals surface area contributed by atoms with Crippen LogP contribution in [0, 0.1) is 19.4 Å². The molecule has 0 aliphatic rings. The predicted octanol–water partition coefficient (Wildman–Crippen LogP) is 3.43. The van der Waals surface area contributed by atoms with E-state index in [2.05, 4.69) is 28.2 Å². The second kappa shape index (κ2) is 5.41. The molecular weight excluding hydrogens is 238 g/mol. The zero-order chi connectivity index (χ0) is 14.0. The molecular formula is C15H19N3O. The Bertz CT molecular complexity index is 635. The fourth-order valence-electron chi connectivity index (χ4n) is 2.19. The van der Waals surface area contributed by atoms with Gasteiger partial charge in [-0.15, -0.1) is 0 Å². The van der Waals surface area contributed by atoms with Crippen LogP contribution in [0.4, 0.5) is 5.69 Å². The standard InChI is InChI=1S/C15H19N3O/c1-10(2)5-6-18-14-7-11(3)12(16-4)8-13(14)17-15(18)9-19/h7-8,10,19H,5-6,9H2,1-3H3. The SMILES string of the molecule is [C-]#[N+]c1cc2nc(CO)n(CCC(C)C)c2cc1C. The average molecular weight is 257 g/mol. The molecule has 1 heterocycles. The van der Waals surface area contributed by atoms with Gasteiger partial charge in [-0.3, -0.25) is 0 Å². The third kappa shape index (κ3) is 2.61. The third-order valence-electron chi connectivity index (χ3n) is 3.34. The second-order valence-electron chi connectivity index (χ2n) is 5.26. The van der Waals surface area contributed by atoms with Crippen LogP contribution in [0.5, 0.6) is 0 Å². The van der Waals surface area contributed by atoms with Gasteiger partial charge in [0, 0.05) is 6.54 Å². The normalized spacial score (nSPS) is 11.2. The first-order valence-electron chi connectivity index (χ1n) is 6.55. The summed E-state index contributed by atoms with van der Waals surface area (Å²) in [5.74, 6) is 1.28. The number of imidazole rings is 1. The summed E-state index contributed by atoms with van der Waals surface area (Å²) in [6, 6.07) is 3.80. The summed E-state index contributed by atoms with van der Waals surface area (Å²) in [5.41, 5.74) is 3.39. The van der Waals surface area contributed by atoms with Crippen molar-refractivity contribution in [2.75, 3.05) is 0 Å². The highest BCUT2D eigenvalue weighted by molar-refractivity contribution is 5.82. The first-order valence-corrected chi connectivity index (χ1v) is 6.55. The first kappa shape index (κ1) is 13.6. The van der Waals surface area contributed by atoms with E-state index >= 15 is 0 Å². The number of hydrogen-bond acceptors (Lipinski definition) is 2. The Morgan fingerprint density at radius 2 is 2.16 bits per heavy atom. The van der Waals surface area contributed by atoms with Crippen LogP contribution in [0.1, 0.15) is 31.7 Å². The molecule has 0 unspecified atom stereocenters. The molecule has 0 aliphatic heterocycles. The van der Waals surface area contributed by atoms with E-state index in [-0.39, 0.29) is 6.61 Å². The van der Waals surface area contributed by atoms with Gasteiger partial charge in [0.05, 0.1) is 17.6 Å². The van der Waals surface area contributed by atoms with E-state index in [0.717, 1.165) is 29.6 Å². The minimum absolute atomic E-state index is 0.0703. The van der Waals surface area contributed by atoms with Crippen molar-refractivity contribution in [3.8, 4) is 0 Å². The van der Waals surface area contributed by atoms with Crippen LogP contribution in [-0.4, -0.2) is 14.7 Å². The summed E-state index contributed by atoms with van der Waals surface area (Å²) in [4.78, 5) is 7.93. The molecule has 0 saturated heterocycles. The average Bonchev–Trinajstić information content (AvgIpc) is 2.72. The molecule has 4 nitrogen and oxygen atoms in total. The van der Waals surface area contributed by atoms with Crippen molar-refractivity contribution in [1.82, 2.24) is 9.55 Å². The second-order valence-corrected chi connectivity index (χ2v) is 5.26. The Morgan fingerprint density at radius 1 is 1.42 bits per heavy atom. The summed E-state index contributed by atoms with van der Waals surface area (Å²) in [6.45, 7) is 14.2. The predicted molar refractivity (Wildman–Crippen MR) is 76.1 cm³/mol. The maximum absolute atomic E-state index is 9.44. The molecule has 100 valence electrons. The quantitative estimate of drug-likeness (QED) is 0.853. The third-order valence-corrected chi connectivity index (χ3v) is 3.34. The molecule has 2 aromatic rings. The number of nitrogens with zero attached hydrogens (tertiary/aromatic N) is 3. The van der Waals surface area contributed by atoms with Gasteiger partial charge in [0.1, 0.15) is 12.4 Å². The van der Waals surface area contributed by atoms with Gasteiger partial charge in [-0.25, -0.2) is 9.83 Å². The van der Waals surface area contributed by atoms with Crippen molar-refractivity contribution in [1.29, 1.82) is 0 Å². The highest BCUT2D eigenvalue weighted by Gasteiger charge is 2.12. The highest BCUT2D eigenvalue weighted by Crippen LogP contribution is 2.27. The van der Waals surface area contributed by atoms with E-state index in [1.165, 1.54) is 0 Å². The lowest BCUT2D eigenvalue weighted by atomic mass is 10.1. The van der Waals surface area contributed by atoms with Crippen LogP contribution >= 0.6 is 0 Å². The Hall–Kier alpha value is -1.86. The lowest BCUT2D eigenvalue weighted by Crippen LogP contribution is -2.06. The highest BCUT2D eigenvalue weighted by atomic mass is 16.3. The fraction of sp³-hybridized carbons (Fsp3) is 0.467.